The first-order chi connectivity index (χ1) is 15.7. The van der Waals surface area contributed by atoms with E-state index in [9.17, 15) is 20.1 Å². The Morgan fingerprint density at radius 1 is 1.29 bits per heavy atom. The number of nitrogens with zero attached hydrogens (tertiary/aromatic N) is 3. The third-order valence-electron chi connectivity index (χ3n) is 6.78. The average Bonchev–Trinajstić information content (AvgIpc) is 2.83. The number of carbonyl (C=O) groups is 2. The van der Waals surface area contributed by atoms with Crippen LogP contribution in [0, 0.1) is 57.2 Å². The van der Waals surface area contributed by atoms with Crippen molar-refractivity contribution in [3.05, 3.63) is 34.9 Å². The van der Waals surface area contributed by atoms with Crippen LogP contribution in [0.4, 0.5) is 0 Å². The number of carbonyl (C=O) groups excluding carboxylic acids is 2. The molecular formula is C29H41N3O2. The first-order valence-corrected chi connectivity index (χ1v) is 11.9. The monoisotopic (exact) mass is 463 g/mol. The van der Waals surface area contributed by atoms with E-state index in [1.54, 1.807) is 13.0 Å². The van der Waals surface area contributed by atoms with Gasteiger partial charge in [0, 0.05) is 16.9 Å². The first kappa shape index (κ1) is 31.1. The zero-order valence-corrected chi connectivity index (χ0v) is 21.2. The summed E-state index contributed by atoms with van der Waals surface area (Å²) in [5.74, 6) is 6.04. The van der Waals surface area contributed by atoms with Gasteiger partial charge < -0.3 is 4.79 Å². The molecule has 0 amide bonds. The number of hydrogen-bond acceptors (Lipinski definition) is 5. The lowest BCUT2D eigenvalue weighted by atomic mass is 9.50. The van der Waals surface area contributed by atoms with E-state index in [-0.39, 0.29) is 30.6 Å². The van der Waals surface area contributed by atoms with E-state index in [1.807, 2.05) is 39.8 Å². The van der Waals surface area contributed by atoms with Crippen LogP contribution < -0.4 is 0 Å². The summed E-state index contributed by atoms with van der Waals surface area (Å²) in [5.41, 5.74) is -0.0376. The second kappa shape index (κ2) is 13.7. The van der Waals surface area contributed by atoms with Gasteiger partial charge in [0.15, 0.2) is 5.78 Å². The van der Waals surface area contributed by atoms with Crippen LogP contribution in [0.2, 0.25) is 0 Å². The van der Waals surface area contributed by atoms with Gasteiger partial charge in [-0.15, -0.1) is 0 Å². The van der Waals surface area contributed by atoms with E-state index in [2.05, 4.69) is 36.7 Å². The van der Waals surface area contributed by atoms with Crippen molar-refractivity contribution in [1.29, 1.82) is 10.5 Å². The summed E-state index contributed by atoms with van der Waals surface area (Å²) < 4.78 is 0. The maximum Gasteiger partial charge on any atom is 0.196 e. The summed E-state index contributed by atoms with van der Waals surface area (Å²) in [5, 5.41) is 19.0. The van der Waals surface area contributed by atoms with Gasteiger partial charge in [-0.05, 0) is 56.5 Å². The SMILES string of the molecule is C.CC.CCN(CC)CC#CC12C=C(C#N)C(=O)C=C1C(C)(/C=C(\C)C#N)C(C(C)C=O)CC2. The van der Waals surface area contributed by atoms with Crippen molar-refractivity contribution in [3.63, 3.8) is 0 Å². The highest BCUT2D eigenvalue weighted by molar-refractivity contribution is 6.09. The molecule has 0 aromatic rings. The summed E-state index contributed by atoms with van der Waals surface area (Å²) in [4.78, 5) is 26.6. The van der Waals surface area contributed by atoms with Gasteiger partial charge in [-0.1, -0.05) is 66.9 Å². The van der Waals surface area contributed by atoms with Gasteiger partial charge in [0.1, 0.15) is 12.4 Å². The molecule has 0 aromatic heterocycles. The molecule has 1 fully saturated rings. The average molecular weight is 464 g/mol. The van der Waals surface area contributed by atoms with Gasteiger partial charge in [0.2, 0.25) is 0 Å². The normalized spacial score (nSPS) is 26.5. The molecule has 5 heteroatoms. The van der Waals surface area contributed by atoms with Gasteiger partial charge in [0.25, 0.3) is 0 Å². The lowest BCUT2D eigenvalue weighted by Crippen LogP contribution is -2.46. The topological polar surface area (TPSA) is 85.0 Å². The maximum atomic E-state index is 12.7. The minimum Gasteiger partial charge on any atom is -0.303 e. The molecule has 2 aliphatic carbocycles. The van der Waals surface area contributed by atoms with Crippen LogP contribution in [-0.2, 0) is 9.59 Å². The molecular weight excluding hydrogens is 422 g/mol. The lowest BCUT2D eigenvalue weighted by Gasteiger charge is -2.51. The molecule has 1 saturated carbocycles. The smallest absolute Gasteiger partial charge is 0.196 e. The van der Waals surface area contributed by atoms with Crippen molar-refractivity contribution in [3.8, 4) is 24.0 Å². The molecule has 34 heavy (non-hydrogen) atoms. The molecule has 0 radical (unpaired) electrons. The van der Waals surface area contributed by atoms with E-state index in [0.717, 1.165) is 24.9 Å². The molecule has 4 unspecified atom stereocenters. The van der Waals surface area contributed by atoms with Crippen molar-refractivity contribution in [2.75, 3.05) is 19.6 Å². The van der Waals surface area contributed by atoms with Gasteiger partial charge in [-0.3, -0.25) is 9.69 Å². The van der Waals surface area contributed by atoms with Gasteiger partial charge in [-0.25, -0.2) is 0 Å². The van der Waals surface area contributed by atoms with Gasteiger partial charge >= 0.3 is 0 Å². The molecule has 184 valence electrons. The fourth-order valence-corrected chi connectivity index (χ4v) is 5.04. The predicted octanol–water partition coefficient (Wildman–Crippen LogP) is 5.66. The van der Waals surface area contributed by atoms with Crippen molar-refractivity contribution in [2.45, 2.75) is 68.7 Å². The number of fused-ring (bicyclic) bond motifs is 1. The molecule has 0 N–H and O–H groups in total. The molecule has 4 atom stereocenters. The van der Waals surface area contributed by atoms with E-state index in [1.165, 1.54) is 6.08 Å². The van der Waals surface area contributed by atoms with Gasteiger partial charge in [-0.2, -0.15) is 10.5 Å². The summed E-state index contributed by atoms with van der Waals surface area (Å²) in [6.45, 7) is 16.1. The van der Waals surface area contributed by atoms with E-state index in [4.69, 9.17) is 0 Å². The fourth-order valence-electron chi connectivity index (χ4n) is 5.04. The van der Waals surface area contributed by atoms with Crippen LogP contribution in [0.1, 0.15) is 68.7 Å². The Kier molecular flexibility index (Phi) is 12.5. The third kappa shape index (κ3) is 6.34. The fraction of sp³-hybridized carbons (Fsp3) is 0.586. The zero-order chi connectivity index (χ0) is 25.2. The molecule has 0 saturated heterocycles. The summed E-state index contributed by atoms with van der Waals surface area (Å²) >= 11 is 0. The van der Waals surface area contributed by atoms with Crippen LogP contribution >= 0.6 is 0 Å². The number of nitriles is 2. The highest BCUT2D eigenvalue weighted by Gasteiger charge is 2.52. The second-order valence-electron chi connectivity index (χ2n) is 8.69. The molecule has 2 aliphatic rings. The molecule has 0 aromatic carbocycles. The second-order valence-corrected chi connectivity index (χ2v) is 8.69. The third-order valence-corrected chi connectivity index (χ3v) is 6.78. The zero-order valence-electron chi connectivity index (χ0n) is 21.2. The Morgan fingerprint density at radius 2 is 1.91 bits per heavy atom. The Labute approximate surface area is 207 Å². The van der Waals surface area contributed by atoms with Crippen molar-refractivity contribution >= 4 is 12.1 Å². The lowest BCUT2D eigenvalue weighted by molar-refractivity contribution is -0.113. The predicted molar refractivity (Wildman–Crippen MR) is 138 cm³/mol. The molecule has 0 aliphatic heterocycles. The van der Waals surface area contributed by atoms with E-state index < -0.39 is 10.8 Å². The van der Waals surface area contributed by atoms with Crippen molar-refractivity contribution in [2.24, 2.45) is 22.7 Å². The highest BCUT2D eigenvalue weighted by atomic mass is 16.1. The van der Waals surface area contributed by atoms with Crippen LogP contribution in [0.5, 0.6) is 0 Å². The Hall–Kier alpha value is -2.94. The molecule has 0 bridgehead atoms. The Bertz CT molecular complexity index is 976. The van der Waals surface area contributed by atoms with E-state index >= 15 is 0 Å². The van der Waals surface area contributed by atoms with Crippen LogP contribution in [0.15, 0.2) is 34.9 Å². The number of ketones is 1. The molecule has 0 spiro atoms. The van der Waals surface area contributed by atoms with Crippen LogP contribution in [-0.4, -0.2) is 36.6 Å². The number of allylic oxidation sites excluding steroid dienone is 6. The number of hydrogen-bond donors (Lipinski definition) is 0. The minimum atomic E-state index is -0.758. The molecule has 2 rings (SSSR count). The standard InChI is InChI=1S/C26H31N3O2.C2H6.CH4/c1-6-29(7-2)12-8-10-26-11-9-22(20(4)18-30)25(5,14-19(3)16-27)24(26)13-23(31)21(15-26)17-28;1-2;/h13-15,18,20,22H,6-7,9,11-12H2,1-5H3;1-2H3;1H4/b19-14+;;. The maximum absolute atomic E-state index is 12.7. The summed E-state index contributed by atoms with van der Waals surface area (Å²) in [7, 11) is 0. The Balaban J connectivity index is 0.00000353. The quantitative estimate of drug-likeness (QED) is 0.288. The summed E-state index contributed by atoms with van der Waals surface area (Å²) in [6, 6.07) is 4.20. The number of aldehydes is 1. The summed E-state index contributed by atoms with van der Waals surface area (Å²) in [6.07, 6.45) is 7.40. The van der Waals surface area contributed by atoms with Gasteiger partial charge in [0.05, 0.1) is 23.6 Å². The highest BCUT2D eigenvalue weighted by Crippen LogP contribution is 2.58. The van der Waals surface area contributed by atoms with Crippen molar-refractivity contribution in [1.82, 2.24) is 4.90 Å². The Morgan fingerprint density at radius 3 is 2.41 bits per heavy atom. The molecule has 5 nitrogen and oxygen atoms in total. The first-order valence-electron chi connectivity index (χ1n) is 11.9. The largest absolute Gasteiger partial charge is 0.303 e. The van der Waals surface area contributed by atoms with Crippen LogP contribution in [0.25, 0.3) is 0 Å². The van der Waals surface area contributed by atoms with Crippen molar-refractivity contribution < 1.29 is 9.59 Å². The van der Waals surface area contributed by atoms with Crippen LogP contribution in [0.3, 0.4) is 0 Å². The molecule has 0 heterocycles. The van der Waals surface area contributed by atoms with E-state index in [0.29, 0.717) is 25.0 Å². The number of rotatable bonds is 6. The minimum absolute atomic E-state index is 0.